The van der Waals surface area contributed by atoms with Gasteiger partial charge in [-0.05, 0) is 30.9 Å². The first-order chi connectivity index (χ1) is 9.52. The highest BCUT2D eigenvalue weighted by Crippen LogP contribution is 2.24. The highest BCUT2D eigenvalue weighted by molar-refractivity contribution is 5.89. The molecule has 20 heavy (non-hydrogen) atoms. The number of rotatable bonds is 2. The molecule has 2 amide bonds. The molecule has 0 aliphatic carbocycles. The van der Waals surface area contributed by atoms with E-state index in [0.717, 1.165) is 25.0 Å². The number of benzene rings is 1. The Morgan fingerprint density at radius 3 is 2.90 bits per heavy atom. The molecule has 110 valence electrons. The van der Waals surface area contributed by atoms with Gasteiger partial charge in [-0.2, -0.15) is 0 Å². The molecule has 0 bridgehead atoms. The number of hydrogen-bond acceptors (Lipinski definition) is 2. The van der Waals surface area contributed by atoms with E-state index in [2.05, 4.69) is 12.2 Å². The lowest BCUT2D eigenvalue weighted by molar-refractivity contribution is 0.133. The fraction of sp³-hybridized carbons (Fsp3) is 0.500. The number of likely N-dealkylation sites (tertiary alicyclic amines) is 1. The number of amides is 2. The van der Waals surface area contributed by atoms with Gasteiger partial charge in [-0.25, -0.2) is 13.6 Å². The van der Waals surface area contributed by atoms with E-state index in [0.29, 0.717) is 19.0 Å². The minimum Gasteiger partial charge on any atom is -0.328 e. The molecule has 0 spiro atoms. The summed E-state index contributed by atoms with van der Waals surface area (Å²) in [6, 6.07) is 2.63. The van der Waals surface area contributed by atoms with Crippen molar-refractivity contribution in [3.05, 3.63) is 29.8 Å². The van der Waals surface area contributed by atoms with Gasteiger partial charge >= 0.3 is 6.03 Å². The van der Waals surface area contributed by atoms with Crippen molar-refractivity contribution in [2.45, 2.75) is 25.8 Å². The number of nitrogens with one attached hydrogen (secondary N) is 1. The van der Waals surface area contributed by atoms with Gasteiger partial charge in [-0.15, -0.1) is 0 Å². The number of carbonyl (C=O) groups is 1. The maximum atomic E-state index is 13.5. The number of nitrogens with two attached hydrogens (primary N) is 1. The predicted octanol–water partition coefficient (Wildman–Crippen LogP) is 2.56. The van der Waals surface area contributed by atoms with Gasteiger partial charge in [0.15, 0.2) is 0 Å². The summed E-state index contributed by atoms with van der Waals surface area (Å²) in [5.41, 5.74) is 5.70. The van der Waals surface area contributed by atoms with Gasteiger partial charge in [0.1, 0.15) is 11.6 Å². The van der Waals surface area contributed by atoms with Crippen molar-refractivity contribution in [1.82, 2.24) is 4.90 Å². The lowest BCUT2D eigenvalue weighted by Crippen LogP contribution is -2.52. The van der Waals surface area contributed by atoms with Gasteiger partial charge in [0.2, 0.25) is 0 Å². The molecule has 1 heterocycles. The molecule has 0 saturated carbocycles. The molecule has 0 aromatic heterocycles. The third-order valence-corrected chi connectivity index (χ3v) is 3.79. The molecular formula is C14H19F2N3O. The molecule has 1 saturated heterocycles. The third-order valence-electron chi connectivity index (χ3n) is 3.79. The molecule has 1 aromatic carbocycles. The van der Waals surface area contributed by atoms with Crippen molar-refractivity contribution in [3.63, 3.8) is 0 Å². The zero-order chi connectivity index (χ0) is 14.7. The predicted molar refractivity (Wildman–Crippen MR) is 73.3 cm³/mol. The largest absolute Gasteiger partial charge is 0.328 e. The summed E-state index contributed by atoms with van der Waals surface area (Å²) in [4.78, 5) is 13.9. The number of halogens is 2. The summed E-state index contributed by atoms with van der Waals surface area (Å²) < 4.78 is 26.4. The van der Waals surface area contributed by atoms with E-state index >= 15 is 0 Å². The fourth-order valence-electron chi connectivity index (χ4n) is 2.64. The Kier molecular flexibility index (Phi) is 4.54. The van der Waals surface area contributed by atoms with Gasteiger partial charge < -0.3 is 16.0 Å². The monoisotopic (exact) mass is 283 g/mol. The molecule has 1 fully saturated rings. The van der Waals surface area contributed by atoms with Crippen LogP contribution in [0.4, 0.5) is 19.3 Å². The number of urea groups is 1. The van der Waals surface area contributed by atoms with Crippen molar-refractivity contribution in [2.24, 2.45) is 11.7 Å². The summed E-state index contributed by atoms with van der Waals surface area (Å²) in [6.07, 6.45) is 1.92. The number of anilines is 1. The summed E-state index contributed by atoms with van der Waals surface area (Å²) in [5, 5.41) is 2.48. The molecule has 3 N–H and O–H groups in total. The topological polar surface area (TPSA) is 58.4 Å². The van der Waals surface area contributed by atoms with Crippen LogP contribution in [0, 0.1) is 17.6 Å². The average Bonchev–Trinajstić information content (AvgIpc) is 2.41. The zero-order valence-electron chi connectivity index (χ0n) is 11.4. The lowest BCUT2D eigenvalue weighted by atomic mass is 9.91. The van der Waals surface area contributed by atoms with Crippen molar-refractivity contribution in [3.8, 4) is 0 Å². The van der Waals surface area contributed by atoms with Gasteiger partial charge in [0.05, 0.1) is 5.69 Å². The highest BCUT2D eigenvalue weighted by atomic mass is 19.1. The Morgan fingerprint density at radius 1 is 1.50 bits per heavy atom. The van der Waals surface area contributed by atoms with Crippen LogP contribution in [0.3, 0.4) is 0 Å². The third kappa shape index (κ3) is 3.07. The fourth-order valence-corrected chi connectivity index (χ4v) is 2.64. The number of hydrogen-bond donors (Lipinski definition) is 2. The number of nitrogens with zero attached hydrogens (tertiary/aromatic N) is 1. The molecule has 2 unspecified atom stereocenters. The van der Waals surface area contributed by atoms with Crippen LogP contribution >= 0.6 is 0 Å². The maximum absolute atomic E-state index is 13.5. The second kappa shape index (κ2) is 6.17. The van der Waals surface area contributed by atoms with E-state index in [4.69, 9.17) is 5.73 Å². The van der Waals surface area contributed by atoms with E-state index in [1.54, 1.807) is 4.90 Å². The molecule has 1 aromatic rings. The van der Waals surface area contributed by atoms with E-state index < -0.39 is 17.7 Å². The van der Waals surface area contributed by atoms with Crippen LogP contribution in [0.25, 0.3) is 0 Å². The normalized spacial score (nSPS) is 22.7. The standard InChI is InChI=1S/C14H19F2N3O/c1-9-3-2-6-19(13(9)8-17)14(20)18-12-5-4-10(15)7-11(12)16/h4-5,7,9,13H,2-3,6,8,17H2,1H3,(H,18,20). The van der Waals surface area contributed by atoms with Gasteiger partial charge in [-0.3, -0.25) is 0 Å². The number of carbonyl (C=O) groups excluding carboxylic acids is 1. The van der Waals surface area contributed by atoms with Crippen molar-refractivity contribution >= 4 is 11.7 Å². The second-order valence-corrected chi connectivity index (χ2v) is 5.17. The van der Waals surface area contributed by atoms with Crippen LogP contribution in [-0.4, -0.2) is 30.1 Å². The van der Waals surface area contributed by atoms with Crippen LogP contribution < -0.4 is 11.1 Å². The van der Waals surface area contributed by atoms with Crippen LogP contribution in [-0.2, 0) is 0 Å². The SMILES string of the molecule is CC1CCCN(C(=O)Nc2ccc(F)cc2F)C1CN. The molecule has 0 radical (unpaired) electrons. The molecular weight excluding hydrogens is 264 g/mol. The van der Waals surface area contributed by atoms with E-state index in [1.165, 1.54) is 6.07 Å². The lowest BCUT2D eigenvalue weighted by Gasteiger charge is -2.39. The summed E-state index contributed by atoms with van der Waals surface area (Å²) in [7, 11) is 0. The van der Waals surface area contributed by atoms with Crippen LogP contribution in [0.5, 0.6) is 0 Å². The highest BCUT2D eigenvalue weighted by Gasteiger charge is 2.31. The first-order valence-electron chi connectivity index (χ1n) is 6.75. The Morgan fingerprint density at radius 2 is 2.25 bits per heavy atom. The smallest absolute Gasteiger partial charge is 0.322 e. The molecule has 1 aliphatic heterocycles. The summed E-state index contributed by atoms with van der Waals surface area (Å²) in [5.74, 6) is -1.14. The molecule has 2 rings (SSSR count). The Bertz CT molecular complexity index is 495. The van der Waals surface area contributed by atoms with Crippen LogP contribution in [0.1, 0.15) is 19.8 Å². The maximum Gasteiger partial charge on any atom is 0.322 e. The van der Waals surface area contributed by atoms with Crippen molar-refractivity contribution in [1.29, 1.82) is 0 Å². The minimum absolute atomic E-state index is 0.0228. The van der Waals surface area contributed by atoms with E-state index in [1.807, 2.05) is 0 Å². The van der Waals surface area contributed by atoms with E-state index in [-0.39, 0.29) is 11.7 Å². The second-order valence-electron chi connectivity index (χ2n) is 5.17. The average molecular weight is 283 g/mol. The molecule has 4 nitrogen and oxygen atoms in total. The van der Waals surface area contributed by atoms with Gasteiger partial charge in [-0.1, -0.05) is 6.92 Å². The Hall–Kier alpha value is -1.69. The van der Waals surface area contributed by atoms with Crippen molar-refractivity contribution < 1.29 is 13.6 Å². The first-order valence-corrected chi connectivity index (χ1v) is 6.75. The van der Waals surface area contributed by atoms with Crippen LogP contribution in [0.15, 0.2) is 18.2 Å². The van der Waals surface area contributed by atoms with E-state index in [9.17, 15) is 13.6 Å². The van der Waals surface area contributed by atoms with Gasteiger partial charge in [0, 0.05) is 25.2 Å². The molecule has 1 aliphatic rings. The summed E-state index contributed by atoms with van der Waals surface area (Å²) >= 11 is 0. The molecule has 2 atom stereocenters. The first kappa shape index (κ1) is 14.7. The Labute approximate surface area is 116 Å². The van der Waals surface area contributed by atoms with Crippen molar-refractivity contribution in [2.75, 3.05) is 18.4 Å². The summed E-state index contributed by atoms with van der Waals surface area (Å²) in [6.45, 7) is 3.02. The minimum atomic E-state index is -0.785. The Balaban J connectivity index is 2.10. The quantitative estimate of drug-likeness (QED) is 0.876. The van der Waals surface area contributed by atoms with Gasteiger partial charge in [0.25, 0.3) is 0 Å². The van der Waals surface area contributed by atoms with Crippen LogP contribution in [0.2, 0.25) is 0 Å². The molecule has 6 heteroatoms. The number of piperidine rings is 1. The zero-order valence-corrected chi connectivity index (χ0v) is 11.4.